The summed E-state index contributed by atoms with van der Waals surface area (Å²) in [6.07, 6.45) is 0.801. The van der Waals surface area contributed by atoms with Gasteiger partial charge in [-0.2, -0.15) is 0 Å². The summed E-state index contributed by atoms with van der Waals surface area (Å²) in [5, 5.41) is 8.85. The largest absolute Gasteiger partial charge is 0.455 e. The van der Waals surface area contributed by atoms with Crippen LogP contribution in [0.5, 0.6) is 0 Å². The first-order chi connectivity index (χ1) is 10.9. The van der Waals surface area contributed by atoms with E-state index in [1.54, 1.807) is 13.0 Å². The minimum absolute atomic E-state index is 0.0120. The van der Waals surface area contributed by atoms with Gasteiger partial charge in [0.15, 0.2) is 12.4 Å². The third-order valence-electron chi connectivity index (χ3n) is 2.73. The number of amides is 2. The van der Waals surface area contributed by atoms with E-state index in [0.29, 0.717) is 11.6 Å². The fourth-order valence-corrected chi connectivity index (χ4v) is 2.05. The van der Waals surface area contributed by atoms with Crippen LogP contribution in [0.25, 0.3) is 0 Å². The highest BCUT2D eigenvalue weighted by Gasteiger charge is 2.11. The Hall–Kier alpha value is -2.03. The highest BCUT2D eigenvalue weighted by molar-refractivity contribution is 8.00. The molecule has 23 heavy (non-hydrogen) atoms. The number of anilines is 1. The van der Waals surface area contributed by atoms with Gasteiger partial charge in [-0.25, -0.2) is 0 Å². The molecule has 0 radical (unpaired) electrons. The predicted molar refractivity (Wildman–Crippen MR) is 86.0 cm³/mol. The van der Waals surface area contributed by atoms with Crippen molar-refractivity contribution in [2.75, 3.05) is 23.4 Å². The Morgan fingerprint density at radius 1 is 1.35 bits per heavy atom. The number of esters is 1. The van der Waals surface area contributed by atoms with Crippen molar-refractivity contribution in [3.05, 3.63) is 11.8 Å². The molecular formula is C14H21N3O5S. The number of nitrogens with one attached hydrogen (secondary N) is 2. The van der Waals surface area contributed by atoms with E-state index >= 15 is 0 Å². The Kier molecular flexibility index (Phi) is 8.17. The number of aryl methyl sites for hydroxylation is 1. The summed E-state index contributed by atoms with van der Waals surface area (Å²) in [7, 11) is 0. The highest BCUT2D eigenvalue weighted by Crippen LogP contribution is 2.08. The fourth-order valence-electron chi connectivity index (χ4n) is 1.44. The van der Waals surface area contributed by atoms with Crippen molar-refractivity contribution in [2.24, 2.45) is 0 Å². The van der Waals surface area contributed by atoms with Crippen molar-refractivity contribution < 1.29 is 23.6 Å². The summed E-state index contributed by atoms with van der Waals surface area (Å²) < 4.78 is 9.64. The normalized spacial score (nSPS) is 11.6. The summed E-state index contributed by atoms with van der Waals surface area (Å²) >= 11 is 1.09. The molecule has 0 fully saturated rings. The minimum atomic E-state index is -0.542. The zero-order chi connectivity index (χ0) is 17.2. The number of hydrogen-bond acceptors (Lipinski definition) is 7. The van der Waals surface area contributed by atoms with E-state index in [-0.39, 0.29) is 36.0 Å². The van der Waals surface area contributed by atoms with E-state index in [0.717, 1.165) is 18.2 Å². The standard InChI is InChI=1S/C14H21N3O5S/c1-4-9(2)15-12(18)6-21-14(20)8-23-7-13(19)16-11-5-10(3)22-17-11/h5,9H,4,6-8H2,1-3H3,(H,15,18)(H,16,17,19)/t9-/m0/s1. The molecule has 1 heterocycles. The van der Waals surface area contributed by atoms with Gasteiger partial charge < -0.3 is 19.9 Å². The van der Waals surface area contributed by atoms with Gasteiger partial charge in [0.25, 0.3) is 5.91 Å². The fraction of sp³-hybridized carbons (Fsp3) is 0.571. The van der Waals surface area contributed by atoms with Crippen LogP contribution in [0.4, 0.5) is 5.82 Å². The Morgan fingerprint density at radius 3 is 2.70 bits per heavy atom. The number of rotatable bonds is 9. The molecule has 1 atom stereocenters. The highest BCUT2D eigenvalue weighted by atomic mass is 32.2. The average molecular weight is 343 g/mol. The lowest BCUT2D eigenvalue weighted by Gasteiger charge is -2.11. The molecule has 1 aromatic heterocycles. The quantitative estimate of drug-likeness (QED) is 0.646. The minimum Gasteiger partial charge on any atom is -0.455 e. The summed E-state index contributed by atoms with van der Waals surface area (Å²) in [6, 6.07) is 1.63. The van der Waals surface area contributed by atoms with Crippen LogP contribution in [-0.2, 0) is 19.1 Å². The second kappa shape index (κ2) is 9.88. The number of thioether (sulfide) groups is 1. The van der Waals surface area contributed by atoms with Crippen LogP contribution in [0.2, 0.25) is 0 Å². The van der Waals surface area contributed by atoms with Gasteiger partial charge in [0.2, 0.25) is 5.91 Å². The molecule has 2 N–H and O–H groups in total. The number of carbonyl (C=O) groups is 3. The Morgan fingerprint density at radius 2 is 2.09 bits per heavy atom. The van der Waals surface area contributed by atoms with E-state index in [4.69, 9.17) is 9.26 Å². The number of ether oxygens (including phenoxy) is 1. The second-order valence-electron chi connectivity index (χ2n) is 4.90. The number of aromatic nitrogens is 1. The molecule has 0 saturated carbocycles. The van der Waals surface area contributed by atoms with E-state index in [1.165, 1.54) is 0 Å². The number of hydrogen-bond donors (Lipinski definition) is 2. The van der Waals surface area contributed by atoms with Gasteiger partial charge in [0.1, 0.15) is 5.76 Å². The van der Waals surface area contributed by atoms with Gasteiger partial charge in [-0.1, -0.05) is 12.1 Å². The van der Waals surface area contributed by atoms with Crippen LogP contribution in [0.15, 0.2) is 10.6 Å². The van der Waals surface area contributed by atoms with Gasteiger partial charge >= 0.3 is 5.97 Å². The van der Waals surface area contributed by atoms with Gasteiger partial charge in [-0.05, 0) is 20.3 Å². The van der Waals surface area contributed by atoms with Crippen LogP contribution < -0.4 is 10.6 Å². The molecule has 0 aliphatic carbocycles. The molecule has 0 bridgehead atoms. The second-order valence-corrected chi connectivity index (χ2v) is 5.89. The monoisotopic (exact) mass is 343 g/mol. The van der Waals surface area contributed by atoms with Crippen LogP contribution in [0.3, 0.4) is 0 Å². The molecule has 0 aromatic carbocycles. The van der Waals surface area contributed by atoms with Gasteiger partial charge in [-0.3, -0.25) is 14.4 Å². The maximum Gasteiger partial charge on any atom is 0.316 e. The molecule has 9 heteroatoms. The number of carbonyl (C=O) groups excluding carboxylic acids is 3. The number of nitrogens with zero attached hydrogens (tertiary/aromatic N) is 1. The summed E-state index contributed by atoms with van der Waals surface area (Å²) in [5.74, 6) is -0.200. The van der Waals surface area contributed by atoms with Crippen molar-refractivity contribution in [3.8, 4) is 0 Å². The topological polar surface area (TPSA) is 111 Å². The SMILES string of the molecule is CC[C@H](C)NC(=O)COC(=O)CSCC(=O)Nc1cc(C)on1. The summed E-state index contributed by atoms with van der Waals surface area (Å²) in [6.45, 7) is 5.21. The van der Waals surface area contributed by atoms with Crippen molar-refractivity contribution in [1.82, 2.24) is 10.5 Å². The Balaban J connectivity index is 2.13. The molecule has 8 nitrogen and oxygen atoms in total. The maximum absolute atomic E-state index is 11.6. The first-order valence-corrected chi connectivity index (χ1v) is 8.32. The van der Waals surface area contributed by atoms with Crippen molar-refractivity contribution in [3.63, 3.8) is 0 Å². The third-order valence-corrected chi connectivity index (χ3v) is 3.64. The van der Waals surface area contributed by atoms with Gasteiger partial charge in [0, 0.05) is 12.1 Å². The molecule has 0 spiro atoms. The zero-order valence-electron chi connectivity index (χ0n) is 13.4. The molecule has 0 aliphatic heterocycles. The molecule has 0 aliphatic rings. The van der Waals surface area contributed by atoms with Crippen LogP contribution in [0.1, 0.15) is 26.0 Å². The van der Waals surface area contributed by atoms with Crippen LogP contribution in [-0.4, -0.2) is 47.1 Å². The lowest BCUT2D eigenvalue weighted by molar-refractivity contribution is -0.146. The summed E-state index contributed by atoms with van der Waals surface area (Å²) in [5.41, 5.74) is 0. The average Bonchev–Trinajstić information content (AvgIpc) is 2.90. The van der Waals surface area contributed by atoms with Gasteiger partial charge in [-0.15, -0.1) is 11.8 Å². The van der Waals surface area contributed by atoms with Crippen molar-refractivity contribution in [1.29, 1.82) is 0 Å². The van der Waals surface area contributed by atoms with Crippen molar-refractivity contribution >= 4 is 35.4 Å². The smallest absolute Gasteiger partial charge is 0.316 e. The molecule has 1 rings (SSSR count). The molecule has 0 unspecified atom stereocenters. The molecular weight excluding hydrogens is 322 g/mol. The van der Waals surface area contributed by atoms with Gasteiger partial charge in [0.05, 0.1) is 11.5 Å². The lowest BCUT2D eigenvalue weighted by Crippen LogP contribution is -2.35. The molecule has 128 valence electrons. The van der Waals surface area contributed by atoms with Crippen molar-refractivity contribution in [2.45, 2.75) is 33.2 Å². The van der Waals surface area contributed by atoms with E-state index in [9.17, 15) is 14.4 Å². The molecule has 2 amide bonds. The van der Waals surface area contributed by atoms with E-state index in [2.05, 4.69) is 15.8 Å². The molecule has 0 saturated heterocycles. The van der Waals surface area contributed by atoms with Crippen LogP contribution >= 0.6 is 11.8 Å². The summed E-state index contributed by atoms with van der Waals surface area (Å²) in [4.78, 5) is 34.5. The predicted octanol–water partition coefficient (Wildman–Crippen LogP) is 1.11. The third kappa shape index (κ3) is 8.24. The first kappa shape index (κ1) is 19.0. The maximum atomic E-state index is 11.6. The lowest BCUT2D eigenvalue weighted by atomic mass is 10.2. The molecule has 1 aromatic rings. The Labute approximate surface area is 138 Å². The Bertz CT molecular complexity index is 546. The zero-order valence-corrected chi connectivity index (χ0v) is 14.2. The van der Waals surface area contributed by atoms with E-state index in [1.807, 2.05) is 13.8 Å². The van der Waals surface area contributed by atoms with E-state index < -0.39 is 5.97 Å². The van der Waals surface area contributed by atoms with Crippen LogP contribution in [0, 0.1) is 6.92 Å². The first-order valence-electron chi connectivity index (χ1n) is 7.16.